The molecule has 1 heterocycles. The molecule has 1 aliphatic heterocycles. The summed E-state index contributed by atoms with van der Waals surface area (Å²) in [5.74, 6) is -1.30. The van der Waals surface area contributed by atoms with Crippen LogP contribution in [0.25, 0.3) is 0 Å². The number of hydrogen-bond acceptors (Lipinski definition) is 5. The third-order valence-corrected chi connectivity index (χ3v) is 2.86. The van der Waals surface area contributed by atoms with Crippen molar-refractivity contribution < 1.29 is 19.8 Å². The Hall–Kier alpha value is -1.76. The van der Waals surface area contributed by atoms with E-state index in [1.807, 2.05) is 0 Å². The lowest BCUT2D eigenvalue weighted by molar-refractivity contribution is -0.112. The highest BCUT2D eigenvalue weighted by atomic mass is 16.3. The van der Waals surface area contributed by atoms with Gasteiger partial charge >= 0.3 is 0 Å². The largest absolute Gasteiger partial charge is 0.389 e. The molecule has 4 N–H and O–H groups in total. The van der Waals surface area contributed by atoms with Crippen LogP contribution in [0.2, 0.25) is 0 Å². The van der Waals surface area contributed by atoms with Gasteiger partial charge in [-0.2, -0.15) is 0 Å². The minimum absolute atomic E-state index is 0.226. The van der Waals surface area contributed by atoms with Crippen molar-refractivity contribution in [3.63, 3.8) is 0 Å². The van der Waals surface area contributed by atoms with Gasteiger partial charge in [-0.15, -0.1) is 0 Å². The molecule has 2 rings (SSSR count). The number of nitrogens with one attached hydrogen (secondary N) is 2. The van der Waals surface area contributed by atoms with Crippen LogP contribution in [0.4, 0.5) is 5.69 Å². The molecule has 1 aromatic carbocycles. The van der Waals surface area contributed by atoms with Crippen LogP contribution in [0.1, 0.15) is 22.0 Å². The zero-order valence-electron chi connectivity index (χ0n) is 9.80. The molecule has 1 aromatic rings. The van der Waals surface area contributed by atoms with E-state index in [9.17, 15) is 19.8 Å². The van der Waals surface area contributed by atoms with E-state index in [-0.39, 0.29) is 12.1 Å². The summed E-state index contributed by atoms with van der Waals surface area (Å²) in [5, 5.41) is 24.7. The van der Waals surface area contributed by atoms with Crippen molar-refractivity contribution in [3.05, 3.63) is 29.3 Å². The van der Waals surface area contributed by atoms with Gasteiger partial charge in [-0.1, -0.05) is 6.07 Å². The van der Waals surface area contributed by atoms with E-state index < -0.39 is 23.9 Å². The molecule has 0 spiro atoms. The number of likely N-dealkylation sites (N-methyl/N-ethyl adjacent to an activating group) is 1. The maximum atomic E-state index is 11.5. The summed E-state index contributed by atoms with van der Waals surface area (Å²) in [5.41, 5.74) is 1.07. The highest BCUT2D eigenvalue weighted by Gasteiger charge is 2.29. The summed E-state index contributed by atoms with van der Waals surface area (Å²) in [6.07, 6.45) is -2.08. The maximum Gasteiger partial charge on any atom is 0.296 e. The van der Waals surface area contributed by atoms with Crippen molar-refractivity contribution in [1.29, 1.82) is 0 Å². The Bertz CT molecular complexity index is 501. The van der Waals surface area contributed by atoms with E-state index in [0.29, 0.717) is 11.3 Å². The number of aliphatic hydroxyl groups excluding tert-OH is 2. The molecule has 1 amide bonds. The minimum Gasteiger partial charge on any atom is -0.389 e. The summed E-state index contributed by atoms with van der Waals surface area (Å²) in [4.78, 5) is 22.7. The van der Waals surface area contributed by atoms with Crippen LogP contribution >= 0.6 is 0 Å². The quantitative estimate of drug-likeness (QED) is 0.537. The van der Waals surface area contributed by atoms with Crippen LogP contribution in [-0.4, -0.2) is 41.6 Å². The zero-order valence-corrected chi connectivity index (χ0v) is 9.80. The number of carbonyl (C=O) groups is 2. The van der Waals surface area contributed by atoms with E-state index in [4.69, 9.17) is 0 Å². The van der Waals surface area contributed by atoms with Gasteiger partial charge in [0.15, 0.2) is 0 Å². The van der Waals surface area contributed by atoms with E-state index in [2.05, 4.69) is 10.6 Å². The Morgan fingerprint density at radius 2 is 2.06 bits per heavy atom. The van der Waals surface area contributed by atoms with Crippen LogP contribution in [0.5, 0.6) is 0 Å². The Labute approximate surface area is 104 Å². The number of hydrogen-bond donors (Lipinski definition) is 4. The molecule has 0 radical (unpaired) electrons. The number of anilines is 1. The van der Waals surface area contributed by atoms with Gasteiger partial charge in [-0.25, -0.2) is 0 Å². The first-order chi connectivity index (χ1) is 8.54. The van der Waals surface area contributed by atoms with Crippen molar-refractivity contribution in [2.24, 2.45) is 0 Å². The third-order valence-electron chi connectivity index (χ3n) is 2.86. The highest BCUT2D eigenvalue weighted by molar-refractivity contribution is 6.51. The second-order valence-corrected chi connectivity index (χ2v) is 4.16. The van der Waals surface area contributed by atoms with Gasteiger partial charge < -0.3 is 20.8 Å². The number of aliphatic hydroxyl groups is 2. The smallest absolute Gasteiger partial charge is 0.296 e. The van der Waals surface area contributed by atoms with E-state index in [1.54, 1.807) is 19.2 Å². The molecule has 96 valence electrons. The first-order valence-electron chi connectivity index (χ1n) is 5.55. The normalized spacial score (nSPS) is 17.3. The molecule has 0 aromatic heterocycles. The molecule has 0 saturated heterocycles. The summed E-state index contributed by atoms with van der Waals surface area (Å²) in [6, 6.07) is 4.54. The van der Waals surface area contributed by atoms with Crippen molar-refractivity contribution in [1.82, 2.24) is 5.32 Å². The van der Waals surface area contributed by atoms with Crippen molar-refractivity contribution >= 4 is 17.4 Å². The topological polar surface area (TPSA) is 98.7 Å². The Morgan fingerprint density at radius 3 is 2.72 bits per heavy atom. The molecule has 6 heteroatoms. The summed E-state index contributed by atoms with van der Waals surface area (Å²) in [6.45, 7) is 0.226. The molecule has 0 bridgehead atoms. The lowest BCUT2D eigenvalue weighted by Crippen LogP contribution is -2.29. The van der Waals surface area contributed by atoms with Crippen molar-refractivity contribution in [2.75, 3.05) is 18.9 Å². The van der Waals surface area contributed by atoms with Crippen LogP contribution < -0.4 is 10.6 Å². The SMILES string of the molecule is CNCC(O)C(O)c1ccc2c(c1)C(=O)C(=O)N2. The molecule has 18 heavy (non-hydrogen) atoms. The van der Waals surface area contributed by atoms with Gasteiger partial charge in [0.2, 0.25) is 0 Å². The lowest BCUT2D eigenvalue weighted by atomic mass is 10.0. The molecular formula is C12H14N2O4. The van der Waals surface area contributed by atoms with Crippen molar-refractivity contribution in [3.8, 4) is 0 Å². The number of ketones is 1. The van der Waals surface area contributed by atoms with Gasteiger partial charge in [0.1, 0.15) is 6.10 Å². The van der Waals surface area contributed by atoms with E-state index in [1.165, 1.54) is 6.07 Å². The van der Waals surface area contributed by atoms with Crippen LogP contribution in [0.3, 0.4) is 0 Å². The fraction of sp³-hybridized carbons (Fsp3) is 0.333. The molecule has 1 aliphatic rings. The minimum atomic E-state index is -1.11. The summed E-state index contributed by atoms with van der Waals surface area (Å²) < 4.78 is 0. The Kier molecular flexibility index (Phi) is 3.42. The summed E-state index contributed by atoms with van der Waals surface area (Å²) in [7, 11) is 1.66. The number of carbonyl (C=O) groups excluding carboxylic acids is 2. The fourth-order valence-electron chi connectivity index (χ4n) is 1.89. The second-order valence-electron chi connectivity index (χ2n) is 4.16. The predicted molar refractivity (Wildman–Crippen MR) is 64.3 cm³/mol. The van der Waals surface area contributed by atoms with E-state index >= 15 is 0 Å². The van der Waals surface area contributed by atoms with Crippen LogP contribution in [0, 0.1) is 0 Å². The van der Waals surface area contributed by atoms with Gasteiger partial charge in [0.25, 0.3) is 11.7 Å². The summed E-state index contributed by atoms with van der Waals surface area (Å²) >= 11 is 0. The predicted octanol–water partition coefficient (Wildman–Crippen LogP) is -0.565. The molecule has 2 atom stereocenters. The first-order valence-corrected chi connectivity index (χ1v) is 5.55. The van der Waals surface area contributed by atoms with Gasteiger partial charge in [-0.05, 0) is 24.7 Å². The molecule has 0 fully saturated rings. The molecule has 2 unspecified atom stereocenters. The average molecular weight is 250 g/mol. The Morgan fingerprint density at radius 1 is 1.33 bits per heavy atom. The molecule has 6 nitrogen and oxygen atoms in total. The second kappa shape index (κ2) is 4.85. The maximum absolute atomic E-state index is 11.5. The number of fused-ring (bicyclic) bond motifs is 1. The number of benzene rings is 1. The third kappa shape index (κ3) is 2.13. The van der Waals surface area contributed by atoms with Crippen molar-refractivity contribution in [2.45, 2.75) is 12.2 Å². The molecular weight excluding hydrogens is 236 g/mol. The number of rotatable bonds is 4. The zero-order chi connectivity index (χ0) is 13.3. The van der Waals surface area contributed by atoms with Crippen LogP contribution in [0.15, 0.2) is 18.2 Å². The fourth-order valence-corrected chi connectivity index (χ4v) is 1.89. The Balaban J connectivity index is 2.27. The average Bonchev–Trinajstić information content (AvgIpc) is 2.64. The standard InChI is InChI=1S/C12H14N2O4/c1-13-5-9(15)10(16)6-2-3-8-7(4-6)11(17)12(18)14-8/h2-4,9-10,13,15-16H,5H2,1H3,(H,14,17,18). The molecule has 0 aliphatic carbocycles. The van der Waals surface area contributed by atoms with Gasteiger partial charge in [-0.3, -0.25) is 9.59 Å². The lowest BCUT2D eigenvalue weighted by Gasteiger charge is -2.18. The highest BCUT2D eigenvalue weighted by Crippen LogP contribution is 2.27. The number of amides is 1. The van der Waals surface area contributed by atoms with Gasteiger partial charge in [0.05, 0.1) is 17.4 Å². The van der Waals surface area contributed by atoms with E-state index in [0.717, 1.165) is 0 Å². The number of Topliss-reactive ketones (excluding diaryl/α,β-unsaturated/α-hetero) is 1. The first kappa shape index (κ1) is 12.7. The van der Waals surface area contributed by atoms with Crippen LogP contribution in [-0.2, 0) is 4.79 Å². The van der Waals surface area contributed by atoms with Gasteiger partial charge in [0, 0.05) is 6.54 Å². The molecule has 0 saturated carbocycles. The monoisotopic (exact) mass is 250 g/mol.